The number of sulfonamides is 1. The van der Waals surface area contributed by atoms with Crippen molar-refractivity contribution in [3.05, 3.63) is 53.1 Å². The highest BCUT2D eigenvalue weighted by Crippen LogP contribution is 2.26. The summed E-state index contributed by atoms with van der Waals surface area (Å²) in [5, 5.41) is 0.152. The van der Waals surface area contributed by atoms with Crippen LogP contribution in [0.15, 0.2) is 41.3 Å². The van der Waals surface area contributed by atoms with Gasteiger partial charge in [-0.25, -0.2) is 17.2 Å². The number of halogens is 3. The third-order valence-electron chi connectivity index (χ3n) is 2.46. The summed E-state index contributed by atoms with van der Waals surface area (Å²) in [6, 6.07) is 6.99. The topological polar surface area (TPSA) is 72.2 Å². The number of benzene rings is 2. The number of hydrogen-bond acceptors (Lipinski definition) is 3. The SMILES string of the molecule is Nc1ccc(Cl)cc1S(=O)(=O)Nc1cccc(F)c1F. The summed E-state index contributed by atoms with van der Waals surface area (Å²) in [6.45, 7) is 0. The van der Waals surface area contributed by atoms with E-state index in [0.29, 0.717) is 0 Å². The predicted molar refractivity (Wildman–Crippen MR) is 73.0 cm³/mol. The summed E-state index contributed by atoms with van der Waals surface area (Å²) in [4.78, 5) is -0.311. The monoisotopic (exact) mass is 318 g/mol. The highest BCUT2D eigenvalue weighted by molar-refractivity contribution is 7.92. The smallest absolute Gasteiger partial charge is 0.264 e. The van der Waals surface area contributed by atoms with Crippen molar-refractivity contribution < 1.29 is 17.2 Å². The molecule has 0 spiro atoms. The van der Waals surface area contributed by atoms with Gasteiger partial charge in [-0.05, 0) is 30.3 Å². The summed E-state index contributed by atoms with van der Waals surface area (Å²) in [6.07, 6.45) is 0. The van der Waals surface area contributed by atoms with E-state index in [1.165, 1.54) is 18.2 Å². The van der Waals surface area contributed by atoms with E-state index < -0.39 is 27.3 Å². The van der Waals surface area contributed by atoms with E-state index in [0.717, 1.165) is 18.2 Å². The van der Waals surface area contributed by atoms with Crippen LogP contribution in [0.1, 0.15) is 0 Å². The van der Waals surface area contributed by atoms with Crippen LogP contribution in [0.2, 0.25) is 5.02 Å². The fraction of sp³-hybridized carbons (Fsp3) is 0. The molecule has 106 valence electrons. The molecule has 0 fully saturated rings. The molecule has 3 N–H and O–H groups in total. The van der Waals surface area contributed by atoms with Crippen LogP contribution in [-0.4, -0.2) is 8.42 Å². The Morgan fingerprint density at radius 3 is 2.55 bits per heavy atom. The van der Waals surface area contributed by atoms with E-state index in [1.54, 1.807) is 0 Å². The predicted octanol–water partition coefficient (Wildman–Crippen LogP) is 3.00. The first-order valence-corrected chi connectivity index (χ1v) is 7.19. The quantitative estimate of drug-likeness (QED) is 0.854. The lowest BCUT2D eigenvalue weighted by Crippen LogP contribution is -2.16. The molecule has 0 aromatic heterocycles. The maximum Gasteiger partial charge on any atom is 0.264 e. The average molecular weight is 319 g/mol. The van der Waals surface area contributed by atoms with Crippen LogP contribution in [0.3, 0.4) is 0 Å². The minimum Gasteiger partial charge on any atom is -0.398 e. The molecule has 0 atom stereocenters. The molecular formula is C12H9ClF2N2O2S. The highest BCUT2D eigenvalue weighted by atomic mass is 35.5. The molecule has 0 aliphatic heterocycles. The Morgan fingerprint density at radius 2 is 1.85 bits per heavy atom. The van der Waals surface area contributed by atoms with Crippen molar-refractivity contribution in [3.63, 3.8) is 0 Å². The molecule has 0 aliphatic rings. The first kappa shape index (κ1) is 14.5. The van der Waals surface area contributed by atoms with Crippen LogP contribution in [-0.2, 0) is 10.0 Å². The molecule has 2 aromatic carbocycles. The Balaban J connectivity index is 2.46. The van der Waals surface area contributed by atoms with Gasteiger partial charge >= 0.3 is 0 Å². The Hall–Kier alpha value is -1.86. The third-order valence-corrected chi connectivity index (χ3v) is 4.12. The standard InChI is InChI=1S/C12H9ClF2N2O2S/c13-7-4-5-9(16)11(6-7)20(18,19)17-10-3-1-2-8(14)12(10)15/h1-6,17H,16H2. The molecule has 4 nitrogen and oxygen atoms in total. The van der Waals surface area contributed by atoms with Gasteiger partial charge in [-0.3, -0.25) is 4.72 Å². The highest BCUT2D eigenvalue weighted by Gasteiger charge is 2.20. The number of hydrogen-bond donors (Lipinski definition) is 2. The maximum absolute atomic E-state index is 13.5. The average Bonchev–Trinajstić information content (AvgIpc) is 2.37. The number of nitrogen functional groups attached to an aromatic ring is 1. The number of rotatable bonds is 3. The van der Waals surface area contributed by atoms with Gasteiger partial charge in [0.1, 0.15) is 4.90 Å². The lowest BCUT2D eigenvalue weighted by molar-refractivity contribution is 0.511. The first-order chi connectivity index (χ1) is 9.31. The van der Waals surface area contributed by atoms with Crippen molar-refractivity contribution in [3.8, 4) is 0 Å². The molecule has 0 bridgehead atoms. The summed E-state index contributed by atoms with van der Waals surface area (Å²) in [5.74, 6) is -2.46. The van der Waals surface area contributed by atoms with Gasteiger partial charge in [-0.1, -0.05) is 17.7 Å². The fourth-order valence-corrected chi connectivity index (χ4v) is 2.98. The molecule has 0 radical (unpaired) electrons. The normalized spacial score (nSPS) is 11.3. The largest absolute Gasteiger partial charge is 0.398 e. The van der Waals surface area contributed by atoms with Crippen molar-refractivity contribution in [2.24, 2.45) is 0 Å². The number of nitrogens with one attached hydrogen (secondary N) is 1. The molecular weight excluding hydrogens is 310 g/mol. The number of anilines is 2. The van der Waals surface area contributed by atoms with Crippen molar-refractivity contribution in [1.29, 1.82) is 0 Å². The lowest BCUT2D eigenvalue weighted by atomic mass is 10.3. The Bertz CT molecular complexity index is 766. The van der Waals surface area contributed by atoms with Crippen molar-refractivity contribution in [2.75, 3.05) is 10.5 Å². The van der Waals surface area contributed by atoms with Crippen molar-refractivity contribution in [1.82, 2.24) is 0 Å². The van der Waals surface area contributed by atoms with E-state index in [-0.39, 0.29) is 15.6 Å². The minimum atomic E-state index is -4.17. The van der Waals surface area contributed by atoms with Gasteiger partial charge in [-0.2, -0.15) is 0 Å². The zero-order valence-electron chi connectivity index (χ0n) is 9.90. The van der Waals surface area contributed by atoms with E-state index in [1.807, 2.05) is 4.72 Å². The second kappa shape index (κ2) is 5.26. The van der Waals surface area contributed by atoms with Gasteiger partial charge in [-0.15, -0.1) is 0 Å². The van der Waals surface area contributed by atoms with Gasteiger partial charge in [0.25, 0.3) is 10.0 Å². The second-order valence-electron chi connectivity index (χ2n) is 3.89. The van der Waals surface area contributed by atoms with E-state index in [4.69, 9.17) is 17.3 Å². The molecule has 2 aromatic rings. The summed E-state index contributed by atoms with van der Waals surface area (Å²) in [5.41, 5.74) is 4.98. The van der Waals surface area contributed by atoms with E-state index >= 15 is 0 Å². The molecule has 2 rings (SSSR count). The van der Waals surface area contributed by atoms with Crippen LogP contribution in [0, 0.1) is 11.6 Å². The van der Waals surface area contributed by atoms with Crippen LogP contribution < -0.4 is 10.5 Å². The van der Waals surface area contributed by atoms with Gasteiger partial charge in [0, 0.05) is 5.02 Å². The summed E-state index contributed by atoms with van der Waals surface area (Å²) < 4.78 is 52.6. The van der Waals surface area contributed by atoms with E-state index in [2.05, 4.69) is 0 Å². The van der Waals surface area contributed by atoms with Crippen LogP contribution in [0.25, 0.3) is 0 Å². The molecule has 20 heavy (non-hydrogen) atoms. The Morgan fingerprint density at radius 1 is 1.15 bits per heavy atom. The molecule has 0 amide bonds. The molecule has 8 heteroatoms. The first-order valence-electron chi connectivity index (χ1n) is 5.33. The van der Waals surface area contributed by atoms with Crippen LogP contribution in [0.5, 0.6) is 0 Å². The van der Waals surface area contributed by atoms with Gasteiger partial charge in [0.2, 0.25) is 0 Å². The molecule has 0 saturated carbocycles. The van der Waals surface area contributed by atoms with Crippen LogP contribution in [0.4, 0.5) is 20.2 Å². The van der Waals surface area contributed by atoms with Gasteiger partial charge < -0.3 is 5.73 Å². The lowest BCUT2D eigenvalue weighted by Gasteiger charge is -2.11. The zero-order chi connectivity index (χ0) is 14.9. The molecule has 0 unspecified atom stereocenters. The Labute approximate surface area is 119 Å². The summed E-state index contributed by atoms with van der Waals surface area (Å²) in [7, 11) is -4.17. The number of nitrogens with two attached hydrogens (primary N) is 1. The van der Waals surface area contributed by atoms with Gasteiger partial charge in [0.05, 0.1) is 11.4 Å². The maximum atomic E-state index is 13.5. The second-order valence-corrected chi connectivity index (χ2v) is 5.98. The van der Waals surface area contributed by atoms with E-state index in [9.17, 15) is 17.2 Å². The molecule has 0 saturated heterocycles. The fourth-order valence-electron chi connectivity index (χ4n) is 1.52. The Kier molecular flexibility index (Phi) is 3.82. The molecule has 0 aliphatic carbocycles. The molecule has 0 heterocycles. The van der Waals surface area contributed by atoms with Crippen molar-refractivity contribution in [2.45, 2.75) is 4.90 Å². The zero-order valence-corrected chi connectivity index (χ0v) is 11.5. The summed E-state index contributed by atoms with van der Waals surface area (Å²) >= 11 is 5.70. The van der Waals surface area contributed by atoms with Gasteiger partial charge in [0.15, 0.2) is 11.6 Å². The van der Waals surface area contributed by atoms with Crippen LogP contribution >= 0.6 is 11.6 Å². The minimum absolute atomic E-state index is 0.0567. The third kappa shape index (κ3) is 2.83. The van der Waals surface area contributed by atoms with Crippen molar-refractivity contribution >= 4 is 33.0 Å².